The molecule has 0 aromatic heterocycles. The van der Waals surface area contributed by atoms with Gasteiger partial charge in [-0.05, 0) is 61.0 Å². The highest BCUT2D eigenvalue weighted by atomic mass is 35.5. The van der Waals surface area contributed by atoms with Crippen molar-refractivity contribution in [2.45, 2.75) is 30.8 Å². The summed E-state index contributed by atoms with van der Waals surface area (Å²) in [4.78, 5) is 29.3. The summed E-state index contributed by atoms with van der Waals surface area (Å²) in [6.45, 7) is 1.37. The third-order valence-electron chi connectivity index (χ3n) is 6.74. The van der Waals surface area contributed by atoms with Crippen LogP contribution in [0.2, 0.25) is 15.1 Å². The minimum atomic E-state index is -4.21. The van der Waals surface area contributed by atoms with Crippen LogP contribution in [0.1, 0.15) is 18.1 Å². The summed E-state index contributed by atoms with van der Waals surface area (Å²) in [5.41, 5.74) is 1.48. The van der Waals surface area contributed by atoms with Crippen LogP contribution in [0.4, 0.5) is 5.69 Å². The van der Waals surface area contributed by atoms with Crippen molar-refractivity contribution in [1.82, 2.24) is 10.2 Å². The lowest BCUT2D eigenvalue weighted by Crippen LogP contribution is -2.53. The van der Waals surface area contributed by atoms with E-state index in [9.17, 15) is 18.0 Å². The highest BCUT2D eigenvalue weighted by molar-refractivity contribution is 7.92. The van der Waals surface area contributed by atoms with E-state index < -0.39 is 34.4 Å². The third kappa shape index (κ3) is 8.09. The second-order valence-corrected chi connectivity index (χ2v) is 12.7. The maximum absolute atomic E-state index is 14.4. The predicted octanol–water partition coefficient (Wildman–Crippen LogP) is 6.62. The third-order valence-corrected chi connectivity index (χ3v) is 9.49. The second kappa shape index (κ2) is 14.8. The number of nitrogens with zero attached hydrogens (tertiary/aromatic N) is 2. The van der Waals surface area contributed by atoms with Gasteiger partial charge in [0.05, 0.1) is 10.6 Å². The van der Waals surface area contributed by atoms with E-state index in [-0.39, 0.29) is 23.5 Å². The van der Waals surface area contributed by atoms with E-state index in [1.165, 1.54) is 29.2 Å². The fraction of sp³-hybridized carbons (Fsp3) is 0.188. The van der Waals surface area contributed by atoms with Crippen molar-refractivity contribution >= 4 is 62.3 Å². The molecular formula is C32H30Cl3N3O4S. The molecule has 0 radical (unpaired) electrons. The molecule has 0 fully saturated rings. The van der Waals surface area contributed by atoms with Gasteiger partial charge in [-0.25, -0.2) is 8.42 Å². The first-order chi connectivity index (χ1) is 20.6. The van der Waals surface area contributed by atoms with Crippen LogP contribution >= 0.6 is 34.8 Å². The second-order valence-electron chi connectivity index (χ2n) is 9.62. The topological polar surface area (TPSA) is 86.8 Å². The van der Waals surface area contributed by atoms with Gasteiger partial charge in [-0.2, -0.15) is 0 Å². The zero-order valence-corrected chi connectivity index (χ0v) is 26.4. The molecule has 0 unspecified atom stereocenters. The molecule has 0 heterocycles. The van der Waals surface area contributed by atoms with Crippen molar-refractivity contribution < 1.29 is 18.0 Å². The molecule has 7 nitrogen and oxygen atoms in total. The summed E-state index contributed by atoms with van der Waals surface area (Å²) >= 11 is 19.1. The van der Waals surface area contributed by atoms with Crippen molar-refractivity contribution in [3.8, 4) is 0 Å². The number of carbonyl (C=O) groups is 2. The van der Waals surface area contributed by atoms with Crippen LogP contribution in [0.25, 0.3) is 0 Å². The lowest BCUT2D eigenvalue weighted by molar-refractivity contribution is -0.140. The van der Waals surface area contributed by atoms with Crippen molar-refractivity contribution in [1.29, 1.82) is 0 Å². The van der Waals surface area contributed by atoms with E-state index >= 15 is 0 Å². The van der Waals surface area contributed by atoms with Crippen LogP contribution in [0, 0.1) is 0 Å². The van der Waals surface area contributed by atoms with Gasteiger partial charge in [0.15, 0.2) is 0 Å². The van der Waals surface area contributed by atoms with Crippen LogP contribution in [0.15, 0.2) is 108 Å². The molecule has 1 atom stereocenters. The molecule has 224 valence electrons. The Morgan fingerprint density at radius 1 is 0.791 bits per heavy atom. The average Bonchev–Trinajstić information content (AvgIpc) is 3.00. The maximum Gasteiger partial charge on any atom is 0.264 e. The van der Waals surface area contributed by atoms with E-state index in [0.717, 1.165) is 9.87 Å². The Balaban J connectivity index is 1.82. The maximum atomic E-state index is 14.4. The number of hydrogen-bond donors (Lipinski definition) is 1. The molecule has 4 aromatic carbocycles. The molecule has 43 heavy (non-hydrogen) atoms. The molecular weight excluding hydrogens is 629 g/mol. The van der Waals surface area contributed by atoms with E-state index in [4.69, 9.17) is 34.8 Å². The van der Waals surface area contributed by atoms with Gasteiger partial charge in [0.25, 0.3) is 10.0 Å². The molecule has 1 N–H and O–H groups in total. The molecule has 2 amide bonds. The first kappa shape index (κ1) is 32.4. The molecule has 11 heteroatoms. The van der Waals surface area contributed by atoms with E-state index in [1.54, 1.807) is 55.5 Å². The van der Waals surface area contributed by atoms with Gasteiger partial charge < -0.3 is 10.2 Å². The molecule has 4 aromatic rings. The monoisotopic (exact) mass is 657 g/mol. The molecule has 0 aliphatic rings. The normalized spacial score (nSPS) is 11.9. The minimum absolute atomic E-state index is 0.00279. The Kier molecular flexibility index (Phi) is 11.1. The fourth-order valence-corrected chi connectivity index (χ4v) is 6.63. The standard InChI is InChI=1S/C32H30Cl3N3O4S/c1-2-36-32(40)30(20-23-10-5-3-6-11-23)37(21-27-28(34)14-9-15-29(27)35)31(39)22-38(25-18-16-24(33)17-19-25)43(41,42)26-12-7-4-8-13-26/h3-19,30H,2,20-22H2,1H3,(H,36,40)/t30-/m1/s1. The Morgan fingerprint density at radius 3 is 1.95 bits per heavy atom. The van der Waals surface area contributed by atoms with Gasteiger partial charge in [0.2, 0.25) is 11.8 Å². The molecule has 0 saturated heterocycles. The Bertz CT molecular complexity index is 1630. The van der Waals surface area contributed by atoms with Crippen LogP contribution < -0.4 is 9.62 Å². The summed E-state index contributed by atoms with van der Waals surface area (Å²) in [5.74, 6) is -1.02. The van der Waals surface area contributed by atoms with Crippen LogP contribution in [0.3, 0.4) is 0 Å². The Labute approximate surface area is 267 Å². The van der Waals surface area contributed by atoms with Gasteiger partial charge in [0, 0.05) is 40.1 Å². The number of benzene rings is 4. The first-order valence-corrected chi connectivity index (χ1v) is 16.1. The van der Waals surface area contributed by atoms with E-state index in [2.05, 4.69) is 5.32 Å². The van der Waals surface area contributed by atoms with Gasteiger partial charge in [-0.3, -0.25) is 13.9 Å². The highest BCUT2D eigenvalue weighted by Crippen LogP contribution is 2.29. The van der Waals surface area contributed by atoms with Gasteiger partial charge >= 0.3 is 0 Å². The largest absolute Gasteiger partial charge is 0.355 e. The van der Waals surface area contributed by atoms with Crippen molar-refractivity contribution in [2.24, 2.45) is 0 Å². The number of amides is 2. The smallest absolute Gasteiger partial charge is 0.264 e. The van der Waals surface area contributed by atoms with E-state index in [1.807, 2.05) is 30.3 Å². The van der Waals surface area contributed by atoms with Crippen LogP contribution in [-0.4, -0.2) is 44.3 Å². The summed E-state index contributed by atoms with van der Waals surface area (Å²) < 4.78 is 28.9. The van der Waals surface area contributed by atoms with Gasteiger partial charge in [0.1, 0.15) is 12.6 Å². The number of hydrogen-bond acceptors (Lipinski definition) is 4. The number of sulfonamides is 1. The fourth-order valence-electron chi connectivity index (χ4n) is 4.56. The molecule has 0 aliphatic heterocycles. The zero-order chi connectivity index (χ0) is 31.0. The van der Waals surface area contributed by atoms with Gasteiger partial charge in [-0.15, -0.1) is 0 Å². The van der Waals surface area contributed by atoms with Gasteiger partial charge in [-0.1, -0.05) is 89.4 Å². The number of likely N-dealkylation sites (N-methyl/N-ethyl adjacent to an activating group) is 1. The van der Waals surface area contributed by atoms with Crippen molar-refractivity contribution in [3.63, 3.8) is 0 Å². The lowest BCUT2D eigenvalue weighted by atomic mass is 10.0. The quantitative estimate of drug-likeness (QED) is 0.185. The molecule has 4 rings (SSSR count). The summed E-state index contributed by atoms with van der Waals surface area (Å²) in [5, 5.41) is 3.84. The number of nitrogens with one attached hydrogen (secondary N) is 1. The highest BCUT2D eigenvalue weighted by Gasteiger charge is 2.35. The Hall–Kier alpha value is -3.56. The lowest BCUT2D eigenvalue weighted by Gasteiger charge is -2.34. The first-order valence-electron chi connectivity index (χ1n) is 13.5. The average molecular weight is 659 g/mol. The summed E-state index contributed by atoms with van der Waals surface area (Å²) in [7, 11) is -4.21. The number of anilines is 1. The van der Waals surface area contributed by atoms with Crippen LogP contribution in [0.5, 0.6) is 0 Å². The Morgan fingerprint density at radius 2 is 1.37 bits per heavy atom. The minimum Gasteiger partial charge on any atom is -0.355 e. The molecule has 0 bridgehead atoms. The molecule has 0 saturated carbocycles. The van der Waals surface area contributed by atoms with Crippen molar-refractivity contribution in [2.75, 3.05) is 17.4 Å². The van der Waals surface area contributed by atoms with E-state index in [0.29, 0.717) is 27.2 Å². The zero-order valence-electron chi connectivity index (χ0n) is 23.3. The number of halogens is 3. The molecule has 0 spiro atoms. The predicted molar refractivity (Wildman–Crippen MR) is 172 cm³/mol. The molecule has 0 aliphatic carbocycles. The van der Waals surface area contributed by atoms with Crippen molar-refractivity contribution in [3.05, 3.63) is 129 Å². The number of rotatable bonds is 12. The SMILES string of the molecule is CCNC(=O)[C@@H](Cc1ccccc1)N(Cc1c(Cl)cccc1Cl)C(=O)CN(c1ccc(Cl)cc1)S(=O)(=O)c1ccccc1. The van der Waals surface area contributed by atoms with Crippen LogP contribution in [-0.2, 0) is 32.6 Å². The summed E-state index contributed by atoms with van der Waals surface area (Å²) in [6, 6.07) is 27.2. The number of carbonyl (C=O) groups excluding carboxylic acids is 2. The summed E-state index contributed by atoms with van der Waals surface area (Å²) in [6.07, 6.45) is 0.173.